The summed E-state index contributed by atoms with van der Waals surface area (Å²) in [5.74, 6) is -0.500. The SMILES string of the molecule is C[C@@H](N)[C@H]1CCCN(S(=O)(=O)c2cc(F)ccc2Cl)C1. The Bertz CT molecular complexity index is 592. The topological polar surface area (TPSA) is 63.4 Å². The summed E-state index contributed by atoms with van der Waals surface area (Å²) in [4.78, 5) is -0.176. The molecule has 1 aromatic rings. The molecule has 0 radical (unpaired) electrons. The van der Waals surface area contributed by atoms with Crippen molar-refractivity contribution in [1.82, 2.24) is 4.31 Å². The summed E-state index contributed by atoms with van der Waals surface area (Å²) >= 11 is 5.90. The minimum absolute atomic E-state index is 0.0364. The number of benzene rings is 1. The van der Waals surface area contributed by atoms with E-state index in [9.17, 15) is 12.8 Å². The van der Waals surface area contributed by atoms with Crippen LogP contribution in [0.5, 0.6) is 0 Å². The first kappa shape index (κ1) is 15.7. The van der Waals surface area contributed by atoms with E-state index in [2.05, 4.69) is 0 Å². The first-order valence-corrected chi connectivity index (χ1v) is 8.35. The largest absolute Gasteiger partial charge is 0.328 e. The van der Waals surface area contributed by atoms with Gasteiger partial charge >= 0.3 is 0 Å². The lowest BCUT2D eigenvalue weighted by Gasteiger charge is -2.33. The molecule has 0 bridgehead atoms. The summed E-state index contributed by atoms with van der Waals surface area (Å²) in [5.41, 5.74) is 5.86. The molecule has 1 aromatic carbocycles. The normalized spacial score (nSPS) is 22.7. The summed E-state index contributed by atoms with van der Waals surface area (Å²) in [6.07, 6.45) is 1.65. The summed E-state index contributed by atoms with van der Waals surface area (Å²) < 4.78 is 39.8. The van der Waals surface area contributed by atoms with Gasteiger partial charge in [0.15, 0.2) is 0 Å². The average molecular weight is 321 g/mol. The molecular weight excluding hydrogens is 303 g/mol. The number of piperidine rings is 1. The lowest BCUT2D eigenvalue weighted by atomic mass is 9.93. The van der Waals surface area contributed by atoms with Crippen molar-refractivity contribution in [2.75, 3.05) is 13.1 Å². The Hall–Kier alpha value is -0.690. The summed E-state index contributed by atoms with van der Waals surface area (Å²) in [5, 5.41) is 0.0364. The molecule has 0 unspecified atom stereocenters. The van der Waals surface area contributed by atoms with Crippen molar-refractivity contribution in [2.45, 2.75) is 30.7 Å². The van der Waals surface area contributed by atoms with Gasteiger partial charge in [-0.3, -0.25) is 0 Å². The fourth-order valence-corrected chi connectivity index (χ4v) is 4.46. The van der Waals surface area contributed by atoms with Crippen molar-refractivity contribution in [3.63, 3.8) is 0 Å². The molecule has 4 nitrogen and oxygen atoms in total. The zero-order valence-corrected chi connectivity index (χ0v) is 12.8. The van der Waals surface area contributed by atoms with Gasteiger partial charge in [-0.05, 0) is 43.9 Å². The zero-order chi connectivity index (χ0) is 14.9. The molecule has 112 valence electrons. The molecule has 7 heteroatoms. The van der Waals surface area contributed by atoms with Crippen molar-refractivity contribution in [3.05, 3.63) is 29.0 Å². The van der Waals surface area contributed by atoms with Crippen LogP contribution in [0, 0.1) is 11.7 Å². The Balaban J connectivity index is 2.32. The van der Waals surface area contributed by atoms with Gasteiger partial charge in [-0.2, -0.15) is 4.31 Å². The highest BCUT2D eigenvalue weighted by atomic mass is 35.5. The van der Waals surface area contributed by atoms with Crippen molar-refractivity contribution < 1.29 is 12.8 Å². The third kappa shape index (κ3) is 3.14. The van der Waals surface area contributed by atoms with Crippen LogP contribution in [0.4, 0.5) is 4.39 Å². The van der Waals surface area contributed by atoms with Crippen molar-refractivity contribution >= 4 is 21.6 Å². The minimum atomic E-state index is -3.78. The second-order valence-electron chi connectivity index (χ2n) is 5.20. The Morgan fingerprint density at radius 2 is 2.20 bits per heavy atom. The van der Waals surface area contributed by atoms with E-state index < -0.39 is 15.8 Å². The van der Waals surface area contributed by atoms with Crippen LogP contribution in [-0.4, -0.2) is 31.9 Å². The van der Waals surface area contributed by atoms with Gasteiger partial charge < -0.3 is 5.73 Å². The second kappa shape index (κ2) is 5.97. The highest BCUT2D eigenvalue weighted by Gasteiger charge is 2.32. The minimum Gasteiger partial charge on any atom is -0.328 e. The summed E-state index contributed by atoms with van der Waals surface area (Å²) in [6, 6.07) is 3.29. The highest BCUT2D eigenvalue weighted by Crippen LogP contribution is 2.29. The van der Waals surface area contributed by atoms with Crippen LogP contribution in [0.25, 0.3) is 0 Å². The van der Waals surface area contributed by atoms with Gasteiger partial charge in [0, 0.05) is 19.1 Å². The standard InChI is InChI=1S/C13H18ClFN2O2S/c1-9(16)10-3-2-6-17(8-10)20(18,19)13-7-11(15)4-5-12(13)14/h4-5,7,9-10H,2-3,6,8,16H2,1H3/t9-,10+/m1/s1. The molecule has 0 saturated carbocycles. The maximum Gasteiger partial charge on any atom is 0.244 e. The van der Waals surface area contributed by atoms with Gasteiger partial charge in [0.25, 0.3) is 0 Å². The van der Waals surface area contributed by atoms with E-state index in [0.717, 1.165) is 25.0 Å². The van der Waals surface area contributed by atoms with Crippen LogP contribution >= 0.6 is 11.6 Å². The molecule has 0 aromatic heterocycles. The van der Waals surface area contributed by atoms with E-state index in [1.165, 1.54) is 10.4 Å². The molecule has 1 heterocycles. The average Bonchev–Trinajstić information content (AvgIpc) is 2.41. The molecule has 2 N–H and O–H groups in total. The zero-order valence-electron chi connectivity index (χ0n) is 11.2. The van der Waals surface area contributed by atoms with Crippen LogP contribution in [0.1, 0.15) is 19.8 Å². The smallest absolute Gasteiger partial charge is 0.244 e. The Morgan fingerprint density at radius 1 is 1.50 bits per heavy atom. The van der Waals surface area contributed by atoms with E-state index in [-0.39, 0.29) is 21.9 Å². The summed E-state index contributed by atoms with van der Waals surface area (Å²) in [7, 11) is -3.78. The third-order valence-electron chi connectivity index (χ3n) is 3.68. The molecular formula is C13H18ClFN2O2S. The molecule has 0 spiro atoms. The number of hydrogen-bond donors (Lipinski definition) is 1. The molecule has 1 aliphatic heterocycles. The van der Waals surface area contributed by atoms with E-state index in [0.29, 0.717) is 13.1 Å². The molecule has 1 aliphatic rings. The maximum absolute atomic E-state index is 13.3. The van der Waals surface area contributed by atoms with Crippen molar-refractivity contribution in [1.29, 1.82) is 0 Å². The van der Waals surface area contributed by atoms with Gasteiger partial charge in [0.1, 0.15) is 10.7 Å². The number of nitrogens with zero attached hydrogens (tertiary/aromatic N) is 1. The number of nitrogens with two attached hydrogens (primary N) is 1. The first-order chi connectivity index (χ1) is 9.32. The lowest BCUT2D eigenvalue weighted by Crippen LogP contribution is -2.45. The number of halogens is 2. The maximum atomic E-state index is 13.3. The predicted molar refractivity (Wildman–Crippen MR) is 76.5 cm³/mol. The van der Waals surface area contributed by atoms with Gasteiger partial charge in [0.05, 0.1) is 5.02 Å². The molecule has 0 aliphatic carbocycles. The number of rotatable bonds is 3. The summed E-state index contributed by atoms with van der Waals surface area (Å²) in [6.45, 7) is 2.64. The molecule has 20 heavy (non-hydrogen) atoms. The van der Waals surface area contributed by atoms with Gasteiger partial charge in [-0.15, -0.1) is 0 Å². The quantitative estimate of drug-likeness (QED) is 0.929. The fourth-order valence-electron chi connectivity index (χ4n) is 2.44. The molecule has 2 rings (SSSR count). The third-order valence-corrected chi connectivity index (χ3v) is 6.02. The molecule has 1 saturated heterocycles. The van der Waals surface area contributed by atoms with Crippen LogP contribution in [0.3, 0.4) is 0 Å². The predicted octanol–water partition coefficient (Wildman–Crippen LogP) is 2.23. The number of hydrogen-bond acceptors (Lipinski definition) is 3. The van der Waals surface area contributed by atoms with Crippen LogP contribution in [-0.2, 0) is 10.0 Å². The van der Waals surface area contributed by atoms with E-state index in [1.807, 2.05) is 6.92 Å². The van der Waals surface area contributed by atoms with E-state index >= 15 is 0 Å². The van der Waals surface area contributed by atoms with Gasteiger partial charge in [0.2, 0.25) is 10.0 Å². The molecule has 1 fully saturated rings. The monoisotopic (exact) mass is 320 g/mol. The van der Waals surface area contributed by atoms with E-state index in [1.54, 1.807) is 0 Å². The Labute approximate surface area is 123 Å². The Kier molecular flexibility index (Phi) is 4.69. The van der Waals surface area contributed by atoms with Crippen LogP contribution < -0.4 is 5.73 Å². The van der Waals surface area contributed by atoms with Gasteiger partial charge in [-0.1, -0.05) is 11.6 Å². The van der Waals surface area contributed by atoms with Gasteiger partial charge in [-0.25, -0.2) is 12.8 Å². The van der Waals surface area contributed by atoms with Crippen molar-refractivity contribution in [3.8, 4) is 0 Å². The number of sulfonamides is 1. The van der Waals surface area contributed by atoms with E-state index in [4.69, 9.17) is 17.3 Å². The first-order valence-electron chi connectivity index (χ1n) is 6.53. The Morgan fingerprint density at radius 3 is 2.85 bits per heavy atom. The van der Waals surface area contributed by atoms with Crippen LogP contribution in [0.2, 0.25) is 5.02 Å². The highest BCUT2D eigenvalue weighted by molar-refractivity contribution is 7.89. The van der Waals surface area contributed by atoms with Crippen LogP contribution in [0.15, 0.2) is 23.1 Å². The second-order valence-corrected chi connectivity index (χ2v) is 7.51. The fraction of sp³-hybridized carbons (Fsp3) is 0.538. The van der Waals surface area contributed by atoms with Crippen molar-refractivity contribution in [2.24, 2.45) is 11.7 Å². The molecule has 2 atom stereocenters. The lowest BCUT2D eigenvalue weighted by molar-refractivity contribution is 0.243. The molecule has 0 amide bonds.